The molecule has 0 amide bonds. The topological polar surface area (TPSA) is 86.7 Å². The number of nitrogens with two attached hydrogens (primary N) is 1. The van der Waals surface area contributed by atoms with Crippen molar-refractivity contribution in [1.82, 2.24) is 0 Å². The van der Waals surface area contributed by atoms with E-state index in [1.807, 2.05) is 0 Å². The molecule has 0 spiro atoms. The summed E-state index contributed by atoms with van der Waals surface area (Å²) >= 11 is 0. The summed E-state index contributed by atoms with van der Waals surface area (Å²) in [5.41, 5.74) is 5.80. The first-order chi connectivity index (χ1) is 10.6. The van der Waals surface area contributed by atoms with Crippen molar-refractivity contribution in [3.63, 3.8) is 0 Å². The van der Waals surface area contributed by atoms with Gasteiger partial charge in [0.05, 0.1) is 12.7 Å². The molecule has 0 bridgehead atoms. The molecule has 0 heterocycles. The Kier molecular flexibility index (Phi) is 15.6. The van der Waals surface area contributed by atoms with Gasteiger partial charge in [-0.15, -0.1) is 0 Å². The summed E-state index contributed by atoms with van der Waals surface area (Å²) < 4.78 is 0. The Morgan fingerprint density at radius 1 is 0.727 bits per heavy atom. The van der Waals surface area contributed by atoms with Crippen LogP contribution in [0.3, 0.4) is 0 Å². The number of hydrogen-bond donors (Lipinski definition) is 4. The summed E-state index contributed by atoms with van der Waals surface area (Å²) in [6, 6.07) is -0.440. The fourth-order valence-corrected chi connectivity index (χ4v) is 2.79. The Bertz CT molecular complexity index is 226. The van der Waals surface area contributed by atoms with Crippen molar-refractivity contribution in [2.75, 3.05) is 6.61 Å². The van der Waals surface area contributed by atoms with Crippen molar-refractivity contribution in [1.29, 1.82) is 0 Å². The van der Waals surface area contributed by atoms with Crippen LogP contribution in [0.15, 0.2) is 0 Å². The van der Waals surface area contributed by atoms with E-state index < -0.39 is 24.9 Å². The maximum Gasteiger partial charge on any atom is 0.104 e. The Balaban J connectivity index is 3.26. The zero-order valence-electron chi connectivity index (χ0n) is 14.6. The van der Waals surface area contributed by atoms with Gasteiger partial charge in [-0.3, -0.25) is 0 Å². The van der Waals surface area contributed by atoms with Gasteiger partial charge in [0.25, 0.3) is 0 Å². The maximum absolute atomic E-state index is 9.63. The summed E-state index contributed by atoms with van der Waals surface area (Å²) in [6.45, 7) is 1.82. The Morgan fingerprint density at radius 2 is 1.14 bits per heavy atom. The molecule has 4 heteroatoms. The second kappa shape index (κ2) is 15.7. The standard InChI is InChI=1S/C18H39NO3/c1-2-3-4-5-6-7-8-9-10-11-12-13-14-16(19)18(22)17(21)15-20/h16-18,20-22H,2-15,19H2,1H3/t16-,17+,18+/m0/s1. The average Bonchev–Trinajstić information content (AvgIpc) is 2.54. The molecule has 3 atom stereocenters. The van der Waals surface area contributed by atoms with Crippen molar-refractivity contribution < 1.29 is 15.3 Å². The van der Waals surface area contributed by atoms with Crippen molar-refractivity contribution in [3.05, 3.63) is 0 Å². The van der Waals surface area contributed by atoms with E-state index in [9.17, 15) is 10.2 Å². The number of unbranched alkanes of at least 4 members (excludes halogenated alkanes) is 11. The molecule has 0 aliphatic rings. The summed E-state index contributed by atoms with van der Waals surface area (Å²) in [4.78, 5) is 0. The lowest BCUT2D eigenvalue weighted by Gasteiger charge is -2.22. The van der Waals surface area contributed by atoms with E-state index in [-0.39, 0.29) is 0 Å². The van der Waals surface area contributed by atoms with Gasteiger partial charge in [0.2, 0.25) is 0 Å². The van der Waals surface area contributed by atoms with Gasteiger partial charge in [-0.2, -0.15) is 0 Å². The third-order valence-electron chi connectivity index (χ3n) is 4.41. The fourth-order valence-electron chi connectivity index (χ4n) is 2.79. The van der Waals surface area contributed by atoms with E-state index in [4.69, 9.17) is 10.8 Å². The molecule has 0 aromatic rings. The van der Waals surface area contributed by atoms with Gasteiger partial charge < -0.3 is 21.1 Å². The largest absolute Gasteiger partial charge is 0.394 e. The molecule has 0 aliphatic carbocycles. The molecule has 0 aromatic carbocycles. The first kappa shape index (κ1) is 21.8. The van der Waals surface area contributed by atoms with Crippen LogP contribution in [0.1, 0.15) is 90.4 Å². The Hall–Kier alpha value is -0.160. The van der Waals surface area contributed by atoms with E-state index in [0.717, 1.165) is 12.8 Å². The Labute approximate surface area is 137 Å². The van der Waals surface area contributed by atoms with Gasteiger partial charge in [-0.05, 0) is 6.42 Å². The van der Waals surface area contributed by atoms with Crippen molar-refractivity contribution in [2.24, 2.45) is 5.73 Å². The van der Waals surface area contributed by atoms with Crippen LogP contribution in [0.25, 0.3) is 0 Å². The quantitative estimate of drug-likeness (QED) is 0.329. The lowest BCUT2D eigenvalue weighted by Crippen LogP contribution is -2.44. The molecule has 0 aromatic heterocycles. The molecule has 0 saturated carbocycles. The van der Waals surface area contributed by atoms with Gasteiger partial charge in [0.1, 0.15) is 6.10 Å². The highest BCUT2D eigenvalue weighted by Gasteiger charge is 2.21. The number of rotatable bonds is 16. The molecule has 0 saturated heterocycles. The van der Waals surface area contributed by atoms with Crippen LogP contribution in [0.4, 0.5) is 0 Å². The lowest BCUT2D eigenvalue weighted by atomic mass is 9.99. The van der Waals surface area contributed by atoms with Crippen molar-refractivity contribution in [2.45, 2.75) is 109 Å². The van der Waals surface area contributed by atoms with Crippen molar-refractivity contribution in [3.8, 4) is 0 Å². The zero-order valence-corrected chi connectivity index (χ0v) is 14.6. The number of aliphatic hydroxyl groups is 3. The van der Waals surface area contributed by atoms with E-state index >= 15 is 0 Å². The summed E-state index contributed by atoms with van der Waals surface area (Å²) in [7, 11) is 0. The normalized spacial score (nSPS) is 15.7. The van der Waals surface area contributed by atoms with Crippen LogP contribution in [0.5, 0.6) is 0 Å². The van der Waals surface area contributed by atoms with Gasteiger partial charge >= 0.3 is 0 Å². The minimum absolute atomic E-state index is 0.437. The summed E-state index contributed by atoms with van der Waals surface area (Å²) in [5, 5.41) is 27.7. The molecular weight excluding hydrogens is 278 g/mol. The van der Waals surface area contributed by atoms with Gasteiger partial charge in [-0.1, -0.05) is 84.0 Å². The third-order valence-corrected chi connectivity index (χ3v) is 4.41. The monoisotopic (exact) mass is 317 g/mol. The fraction of sp³-hybridized carbons (Fsp3) is 1.00. The van der Waals surface area contributed by atoms with E-state index in [0.29, 0.717) is 6.42 Å². The number of hydrogen-bond acceptors (Lipinski definition) is 4. The average molecular weight is 318 g/mol. The van der Waals surface area contributed by atoms with Crippen LogP contribution in [0, 0.1) is 0 Å². The van der Waals surface area contributed by atoms with E-state index in [1.54, 1.807) is 0 Å². The van der Waals surface area contributed by atoms with Gasteiger partial charge in [0.15, 0.2) is 0 Å². The van der Waals surface area contributed by atoms with E-state index in [1.165, 1.54) is 64.2 Å². The first-order valence-corrected chi connectivity index (χ1v) is 9.36. The SMILES string of the molecule is CCCCCCCCCCCCCC[C@H](N)[C@@H](O)[C@H](O)CO. The lowest BCUT2D eigenvalue weighted by molar-refractivity contribution is -0.0272. The Morgan fingerprint density at radius 3 is 1.55 bits per heavy atom. The predicted octanol–water partition coefficient (Wildman–Crippen LogP) is 3.12. The highest BCUT2D eigenvalue weighted by molar-refractivity contribution is 4.77. The third kappa shape index (κ3) is 12.4. The summed E-state index contributed by atoms with van der Waals surface area (Å²) in [6.07, 6.45) is 14.1. The predicted molar refractivity (Wildman–Crippen MR) is 92.8 cm³/mol. The van der Waals surface area contributed by atoms with Crippen molar-refractivity contribution >= 4 is 0 Å². The van der Waals surface area contributed by atoms with Gasteiger partial charge in [0, 0.05) is 6.04 Å². The molecule has 0 aliphatic heterocycles. The second-order valence-electron chi connectivity index (χ2n) is 6.58. The minimum atomic E-state index is -1.12. The van der Waals surface area contributed by atoms with Crippen LogP contribution in [-0.2, 0) is 0 Å². The molecular formula is C18H39NO3. The molecule has 5 N–H and O–H groups in total. The minimum Gasteiger partial charge on any atom is -0.394 e. The highest BCUT2D eigenvalue weighted by Crippen LogP contribution is 2.13. The zero-order chi connectivity index (χ0) is 16.6. The van der Waals surface area contributed by atoms with Gasteiger partial charge in [-0.25, -0.2) is 0 Å². The molecule has 0 fully saturated rings. The second-order valence-corrected chi connectivity index (χ2v) is 6.58. The van der Waals surface area contributed by atoms with Crippen LogP contribution in [0.2, 0.25) is 0 Å². The molecule has 4 nitrogen and oxygen atoms in total. The molecule has 134 valence electrons. The van der Waals surface area contributed by atoms with Crippen LogP contribution >= 0.6 is 0 Å². The van der Waals surface area contributed by atoms with Crippen LogP contribution < -0.4 is 5.73 Å². The van der Waals surface area contributed by atoms with Crippen LogP contribution in [-0.4, -0.2) is 40.2 Å². The molecule has 0 rings (SSSR count). The summed E-state index contributed by atoms with van der Waals surface area (Å²) in [5.74, 6) is 0. The maximum atomic E-state index is 9.63. The number of aliphatic hydroxyl groups excluding tert-OH is 3. The highest BCUT2D eigenvalue weighted by atomic mass is 16.4. The first-order valence-electron chi connectivity index (χ1n) is 9.36. The smallest absolute Gasteiger partial charge is 0.104 e. The molecule has 0 radical (unpaired) electrons. The molecule has 22 heavy (non-hydrogen) atoms. The molecule has 0 unspecified atom stereocenters. The van der Waals surface area contributed by atoms with E-state index in [2.05, 4.69) is 6.92 Å².